The van der Waals surface area contributed by atoms with Gasteiger partial charge in [-0.3, -0.25) is 9.52 Å². The number of amides is 1. The van der Waals surface area contributed by atoms with Crippen LogP contribution < -0.4 is 10.0 Å². The van der Waals surface area contributed by atoms with Crippen molar-refractivity contribution in [1.29, 1.82) is 0 Å². The van der Waals surface area contributed by atoms with Gasteiger partial charge in [-0.25, -0.2) is 8.42 Å². The summed E-state index contributed by atoms with van der Waals surface area (Å²) in [5, 5.41) is 2.66. The lowest BCUT2D eigenvalue weighted by atomic mass is 10.2. The number of Topliss-reactive ketones (excluding diaryl/α,β-unsaturated/α-hetero) is 1. The van der Waals surface area contributed by atoms with Crippen LogP contribution >= 0.6 is 15.9 Å². The van der Waals surface area contributed by atoms with Crippen LogP contribution in [0, 0.1) is 6.92 Å². The van der Waals surface area contributed by atoms with Crippen molar-refractivity contribution in [1.82, 2.24) is 0 Å². The molecule has 0 radical (unpaired) electrons. The van der Waals surface area contributed by atoms with Crippen molar-refractivity contribution in [2.75, 3.05) is 10.0 Å². The second kappa shape index (κ2) is 8.46. The standard InChI is InChI=1S/C18H19BrN2O4S/c1-12-11-16(20-18(23)10-3-13(2)22)8-9-17(12)26(24,25)21-15-6-4-14(19)5-7-15/h4-9,11,21H,3,10H2,1-2H3,(H,20,23). The van der Waals surface area contributed by atoms with E-state index in [0.717, 1.165) is 4.47 Å². The predicted octanol–water partition coefficient (Wildman–Crippen LogP) is 3.87. The maximum Gasteiger partial charge on any atom is 0.262 e. The van der Waals surface area contributed by atoms with Gasteiger partial charge in [-0.2, -0.15) is 0 Å². The number of carbonyl (C=O) groups excluding carboxylic acids is 2. The van der Waals surface area contributed by atoms with Gasteiger partial charge in [0.2, 0.25) is 5.91 Å². The molecule has 0 aromatic heterocycles. The zero-order valence-electron chi connectivity index (χ0n) is 14.4. The van der Waals surface area contributed by atoms with Gasteiger partial charge < -0.3 is 10.1 Å². The van der Waals surface area contributed by atoms with E-state index in [1.807, 2.05) is 0 Å². The molecule has 8 heteroatoms. The molecule has 2 rings (SSSR count). The molecule has 0 bridgehead atoms. The molecular formula is C18H19BrN2O4S. The van der Waals surface area contributed by atoms with Gasteiger partial charge in [0.25, 0.3) is 10.0 Å². The van der Waals surface area contributed by atoms with Gasteiger partial charge in [0.05, 0.1) is 4.90 Å². The van der Waals surface area contributed by atoms with E-state index in [1.165, 1.54) is 19.1 Å². The minimum atomic E-state index is -3.75. The van der Waals surface area contributed by atoms with Gasteiger partial charge in [-0.05, 0) is 61.9 Å². The molecule has 0 unspecified atom stereocenters. The molecule has 0 saturated heterocycles. The molecule has 0 aliphatic carbocycles. The highest BCUT2D eigenvalue weighted by atomic mass is 79.9. The fraction of sp³-hybridized carbons (Fsp3) is 0.222. The summed E-state index contributed by atoms with van der Waals surface area (Å²) in [5.41, 5.74) is 1.44. The van der Waals surface area contributed by atoms with Crippen LogP contribution in [-0.4, -0.2) is 20.1 Å². The molecule has 26 heavy (non-hydrogen) atoms. The SMILES string of the molecule is CC(=O)CCC(=O)Nc1ccc(S(=O)(=O)Nc2ccc(Br)cc2)c(C)c1. The smallest absolute Gasteiger partial charge is 0.262 e. The van der Waals surface area contributed by atoms with Crippen LogP contribution in [0.3, 0.4) is 0 Å². The highest BCUT2D eigenvalue weighted by molar-refractivity contribution is 9.10. The fourth-order valence-corrected chi connectivity index (χ4v) is 3.82. The average Bonchev–Trinajstić information content (AvgIpc) is 2.54. The minimum Gasteiger partial charge on any atom is -0.326 e. The third kappa shape index (κ3) is 5.67. The highest BCUT2D eigenvalue weighted by Crippen LogP contribution is 2.23. The molecule has 138 valence electrons. The highest BCUT2D eigenvalue weighted by Gasteiger charge is 2.17. The van der Waals surface area contributed by atoms with E-state index in [9.17, 15) is 18.0 Å². The molecule has 0 spiro atoms. The van der Waals surface area contributed by atoms with Crippen LogP contribution in [0.4, 0.5) is 11.4 Å². The topological polar surface area (TPSA) is 92.3 Å². The molecule has 0 saturated carbocycles. The zero-order chi connectivity index (χ0) is 19.3. The Morgan fingerprint density at radius 3 is 2.19 bits per heavy atom. The molecule has 2 aromatic rings. The number of ketones is 1. The molecule has 2 aromatic carbocycles. The van der Waals surface area contributed by atoms with Crippen LogP contribution in [0.15, 0.2) is 51.8 Å². The van der Waals surface area contributed by atoms with E-state index < -0.39 is 10.0 Å². The van der Waals surface area contributed by atoms with Gasteiger partial charge in [0, 0.05) is 28.7 Å². The second-order valence-corrected chi connectivity index (χ2v) is 8.41. The van der Waals surface area contributed by atoms with Crippen LogP contribution in [0.1, 0.15) is 25.3 Å². The molecule has 0 aliphatic heterocycles. The Bertz CT molecular complexity index is 925. The number of sulfonamides is 1. The number of rotatable bonds is 7. The Labute approximate surface area is 161 Å². The first kappa shape index (κ1) is 20.1. The molecule has 0 fully saturated rings. The summed E-state index contributed by atoms with van der Waals surface area (Å²) in [6.45, 7) is 3.08. The van der Waals surface area contributed by atoms with Gasteiger partial charge in [-0.1, -0.05) is 15.9 Å². The first-order valence-corrected chi connectivity index (χ1v) is 10.1. The fourth-order valence-electron chi connectivity index (χ4n) is 2.27. The quantitative estimate of drug-likeness (QED) is 0.685. The lowest BCUT2D eigenvalue weighted by Crippen LogP contribution is -2.15. The minimum absolute atomic E-state index is 0.0585. The second-order valence-electron chi connectivity index (χ2n) is 5.84. The molecule has 1 amide bonds. The summed E-state index contributed by atoms with van der Waals surface area (Å²) < 4.78 is 28.5. The number of aryl methyl sites for hydroxylation is 1. The molecule has 0 atom stereocenters. The summed E-state index contributed by atoms with van der Waals surface area (Å²) in [6, 6.07) is 11.3. The van der Waals surface area contributed by atoms with Gasteiger partial charge in [-0.15, -0.1) is 0 Å². The Hall–Kier alpha value is -2.19. The Morgan fingerprint density at radius 1 is 1.00 bits per heavy atom. The zero-order valence-corrected chi connectivity index (χ0v) is 16.8. The van der Waals surface area contributed by atoms with Gasteiger partial charge in [0.1, 0.15) is 5.78 Å². The van der Waals surface area contributed by atoms with Crippen molar-refractivity contribution in [2.24, 2.45) is 0 Å². The van der Waals surface area contributed by atoms with Crippen molar-refractivity contribution in [3.05, 3.63) is 52.5 Å². The Morgan fingerprint density at radius 2 is 1.62 bits per heavy atom. The number of nitrogens with one attached hydrogen (secondary N) is 2. The van der Waals surface area contributed by atoms with E-state index in [-0.39, 0.29) is 29.4 Å². The number of anilines is 2. The number of carbonyl (C=O) groups is 2. The van der Waals surface area contributed by atoms with Crippen LogP contribution in [-0.2, 0) is 19.6 Å². The lowest BCUT2D eigenvalue weighted by molar-refractivity contribution is -0.121. The maximum atomic E-state index is 12.6. The Kier molecular flexibility index (Phi) is 6.55. The van der Waals surface area contributed by atoms with Gasteiger partial charge in [0.15, 0.2) is 0 Å². The van der Waals surface area contributed by atoms with Crippen molar-refractivity contribution in [3.63, 3.8) is 0 Å². The van der Waals surface area contributed by atoms with Crippen molar-refractivity contribution < 1.29 is 18.0 Å². The Balaban J connectivity index is 2.13. The summed E-state index contributed by atoms with van der Waals surface area (Å²) >= 11 is 3.30. The van der Waals surface area contributed by atoms with Crippen LogP contribution in [0.25, 0.3) is 0 Å². The summed E-state index contributed by atoms with van der Waals surface area (Å²) in [6.07, 6.45) is 0.272. The average molecular weight is 439 g/mol. The molecule has 2 N–H and O–H groups in total. The van der Waals surface area contributed by atoms with E-state index in [2.05, 4.69) is 26.0 Å². The van der Waals surface area contributed by atoms with Crippen molar-refractivity contribution in [3.8, 4) is 0 Å². The van der Waals surface area contributed by atoms with E-state index in [4.69, 9.17) is 0 Å². The van der Waals surface area contributed by atoms with Crippen molar-refractivity contribution in [2.45, 2.75) is 31.6 Å². The van der Waals surface area contributed by atoms with Gasteiger partial charge >= 0.3 is 0 Å². The van der Waals surface area contributed by atoms with E-state index >= 15 is 0 Å². The number of hydrogen-bond donors (Lipinski definition) is 2. The van der Waals surface area contributed by atoms with Crippen molar-refractivity contribution >= 4 is 49.0 Å². The summed E-state index contributed by atoms with van der Waals surface area (Å²) in [5.74, 6) is -0.347. The first-order valence-electron chi connectivity index (χ1n) is 7.86. The monoisotopic (exact) mass is 438 g/mol. The maximum absolute atomic E-state index is 12.6. The third-order valence-corrected chi connectivity index (χ3v) is 5.62. The molecule has 0 aliphatic rings. The van der Waals surface area contributed by atoms with E-state index in [0.29, 0.717) is 16.9 Å². The third-order valence-electron chi connectivity index (χ3n) is 3.55. The van der Waals surface area contributed by atoms with E-state index in [1.54, 1.807) is 37.3 Å². The number of halogens is 1. The predicted molar refractivity (Wildman–Crippen MR) is 105 cm³/mol. The van der Waals surface area contributed by atoms with Crippen LogP contribution in [0.2, 0.25) is 0 Å². The largest absolute Gasteiger partial charge is 0.326 e. The summed E-state index contributed by atoms with van der Waals surface area (Å²) in [4.78, 5) is 22.8. The molecule has 6 nitrogen and oxygen atoms in total. The molecular weight excluding hydrogens is 420 g/mol. The normalized spacial score (nSPS) is 11.0. The lowest BCUT2D eigenvalue weighted by Gasteiger charge is -2.12. The number of hydrogen-bond acceptors (Lipinski definition) is 4. The summed E-state index contributed by atoms with van der Waals surface area (Å²) in [7, 11) is -3.75. The van der Waals surface area contributed by atoms with Crippen LogP contribution in [0.5, 0.6) is 0 Å². The molecule has 0 heterocycles. The first-order chi connectivity index (χ1) is 12.2. The number of benzene rings is 2.